The zero-order chi connectivity index (χ0) is 10.1. The fourth-order valence-corrected chi connectivity index (χ4v) is 1.08. The average Bonchev–Trinajstić information content (AvgIpc) is 2.01. The Morgan fingerprint density at radius 3 is 1.92 bits per heavy atom. The molecule has 0 heterocycles. The Hall–Kier alpha value is -0.0800. The van der Waals surface area contributed by atoms with E-state index in [0.29, 0.717) is 0 Å². The molecule has 0 atom stereocenters. The molecule has 0 spiro atoms. The van der Waals surface area contributed by atoms with Crippen molar-refractivity contribution in [3.8, 4) is 0 Å². The smallest absolute Gasteiger partial charge is 0.00768 e. The van der Waals surface area contributed by atoms with Gasteiger partial charge in [0.15, 0.2) is 0 Å². The molecule has 0 aliphatic heterocycles. The van der Waals surface area contributed by atoms with Crippen LogP contribution in [0.25, 0.3) is 0 Å². The highest BCUT2D eigenvalue weighted by molar-refractivity contribution is 4.55. The molecule has 80 valence electrons. The van der Waals surface area contributed by atoms with E-state index in [1.54, 1.807) is 0 Å². The zero-order valence-corrected chi connectivity index (χ0v) is 9.69. The second-order valence-corrected chi connectivity index (χ2v) is 4.53. The van der Waals surface area contributed by atoms with Gasteiger partial charge in [-0.25, -0.2) is 0 Å². The van der Waals surface area contributed by atoms with Crippen molar-refractivity contribution in [3.63, 3.8) is 0 Å². The molecule has 0 fully saturated rings. The Morgan fingerprint density at radius 1 is 0.769 bits per heavy atom. The number of hydrogen-bond acceptors (Lipinski definition) is 2. The first-order valence-corrected chi connectivity index (χ1v) is 5.54. The predicted molar refractivity (Wildman–Crippen MR) is 60.0 cm³/mol. The maximum atomic E-state index is 3.43. The third-order valence-corrected chi connectivity index (χ3v) is 1.93. The number of nitrogens with one attached hydrogen (secondary N) is 2. The van der Waals surface area contributed by atoms with E-state index in [4.69, 9.17) is 0 Å². The van der Waals surface area contributed by atoms with Crippen LogP contribution in [-0.4, -0.2) is 26.2 Å². The van der Waals surface area contributed by atoms with Gasteiger partial charge in [-0.2, -0.15) is 0 Å². The molecule has 0 rings (SSSR count). The quantitative estimate of drug-likeness (QED) is 0.566. The summed E-state index contributed by atoms with van der Waals surface area (Å²) in [7, 11) is 0. The minimum absolute atomic E-state index is 0.760. The largest absolute Gasteiger partial charge is 0.315 e. The number of rotatable bonds is 8. The van der Waals surface area contributed by atoms with Gasteiger partial charge in [0.2, 0.25) is 0 Å². The monoisotopic (exact) mass is 186 g/mol. The van der Waals surface area contributed by atoms with Crippen LogP contribution in [0.5, 0.6) is 0 Å². The lowest BCUT2D eigenvalue weighted by atomic mass is 10.1. The topological polar surface area (TPSA) is 24.1 Å². The summed E-state index contributed by atoms with van der Waals surface area (Å²) in [6.45, 7) is 13.5. The van der Waals surface area contributed by atoms with E-state index in [1.165, 1.54) is 6.42 Å². The van der Waals surface area contributed by atoms with Crippen LogP contribution in [0.3, 0.4) is 0 Å². The van der Waals surface area contributed by atoms with Crippen molar-refractivity contribution in [1.82, 2.24) is 10.6 Å². The highest BCUT2D eigenvalue weighted by Gasteiger charge is 1.94. The van der Waals surface area contributed by atoms with E-state index < -0.39 is 0 Å². The first kappa shape index (κ1) is 12.9. The van der Waals surface area contributed by atoms with Gasteiger partial charge in [-0.1, -0.05) is 27.7 Å². The van der Waals surface area contributed by atoms with Crippen molar-refractivity contribution >= 4 is 0 Å². The molecule has 13 heavy (non-hydrogen) atoms. The Morgan fingerprint density at radius 2 is 1.38 bits per heavy atom. The maximum Gasteiger partial charge on any atom is 0.00768 e. The van der Waals surface area contributed by atoms with Crippen LogP contribution in [-0.2, 0) is 0 Å². The minimum Gasteiger partial charge on any atom is -0.315 e. The van der Waals surface area contributed by atoms with Gasteiger partial charge in [0.25, 0.3) is 0 Å². The summed E-state index contributed by atoms with van der Waals surface area (Å²) in [5.41, 5.74) is 0. The zero-order valence-electron chi connectivity index (χ0n) is 9.69. The standard InChI is InChI=1S/C11H26N2/c1-10(2)5-6-12-7-8-13-9-11(3)4/h10-13H,5-9H2,1-4H3. The van der Waals surface area contributed by atoms with Crippen LogP contribution in [0.15, 0.2) is 0 Å². The minimum atomic E-state index is 0.760. The van der Waals surface area contributed by atoms with Crippen molar-refractivity contribution in [2.24, 2.45) is 11.8 Å². The highest BCUT2D eigenvalue weighted by Crippen LogP contribution is 1.95. The molecule has 2 nitrogen and oxygen atoms in total. The average molecular weight is 186 g/mol. The predicted octanol–water partition coefficient (Wildman–Crippen LogP) is 1.87. The molecule has 0 amide bonds. The van der Waals surface area contributed by atoms with Gasteiger partial charge >= 0.3 is 0 Å². The summed E-state index contributed by atoms with van der Waals surface area (Å²) in [6, 6.07) is 0. The summed E-state index contributed by atoms with van der Waals surface area (Å²) in [4.78, 5) is 0. The summed E-state index contributed by atoms with van der Waals surface area (Å²) >= 11 is 0. The summed E-state index contributed by atoms with van der Waals surface area (Å²) in [6.07, 6.45) is 1.28. The molecule has 0 unspecified atom stereocenters. The van der Waals surface area contributed by atoms with Gasteiger partial charge in [-0.3, -0.25) is 0 Å². The van der Waals surface area contributed by atoms with Crippen LogP contribution in [0.2, 0.25) is 0 Å². The van der Waals surface area contributed by atoms with Crippen molar-refractivity contribution in [3.05, 3.63) is 0 Å². The third kappa shape index (κ3) is 11.9. The van der Waals surface area contributed by atoms with Gasteiger partial charge in [0.05, 0.1) is 0 Å². The molecule has 0 aromatic rings. The second kappa shape index (κ2) is 8.52. The lowest BCUT2D eigenvalue weighted by Crippen LogP contribution is -2.30. The molecule has 0 saturated heterocycles. The first-order valence-electron chi connectivity index (χ1n) is 5.54. The van der Waals surface area contributed by atoms with Gasteiger partial charge in [0.1, 0.15) is 0 Å². The van der Waals surface area contributed by atoms with Gasteiger partial charge in [-0.15, -0.1) is 0 Å². The van der Waals surface area contributed by atoms with Crippen molar-refractivity contribution in [2.45, 2.75) is 34.1 Å². The molecule has 0 bridgehead atoms. The molecule has 0 radical (unpaired) electrons. The molecule has 0 aromatic carbocycles. The van der Waals surface area contributed by atoms with Crippen molar-refractivity contribution < 1.29 is 0 Å². The fourth-order valence-electron chi connectivity index (χ4n) is 1.08. The third-order valence-electron chi connectivity index (χ3n) is 1.93. The second-order valence-electron chi connectivity index (χ2n) is 4.53. The van der Waals surface area contributed by atoms with Gasteiger partial charge in [-0.05, 0) is 31.3 Å². The van der Waals surface area contributed by atoms with Crippen LogP contribution in [0.1, 0.15) is 34.1 Å². The molecular weight excluding hydrogens is 160 g/mol. The Kier molecular flexibility index (Phi) is 8.46. The molecule has 2 heteroatoms. The van der Waals surface area contributed by atoms with E-state index in [9.17, 15) is 0 Å². The summed E-state index contributed by atoms with van der Waals surface area (Å²) in [5.74, 6) is 1.58. The fraction of sp³-hybridized carbons (Fsp3) is 1.00. The normalized spacial score (nSPS) is 11.5. The Balaban J connectivity index is 2.92. The molecule has 2 N–H and O–H groups in total. The van der Waals surface area contributed by atoms with Gasteiger partial charge < -0.3 is 10.6 Å². The summed E-state index contributed by atoms with van der Waals surface area (Å²) in [5, 5.41) is 6.84. The van der Waals surface area contributed by atoms with E-state index in [1.807, 2.05) is 0 Å². The first-order chi connectivity index (χ1) is 6.13. The maximum absolute atomic E-state index is 3.43. The molecule has 0 saturated carbocycles. The van der Waals surface area contributed by atoms with E-state index >= 15 is 0 Å². The van der Waals surface area contributed by atoms with Gasteiger partial charge in [0, 0.05) is 13.1 Å². The van der Waals surface area contributed by atoms with E-state index in [0.717, 1.165) is 38.0 Å². The molecule has 0 aliphatic carbocycles. The van der Waals surface area contributed by atoms with Crippen LogP contribution >= 0.6 is 0 Å². The van der Waals surface area contributed by atoms with E-state index in [2.05, 4.69) is 38.3 Å². The summed E-state index contributed by atoms with van der Waals surface area (Å²) < 4.78 is 0. The SMILES string of the molecule is CC(C)CCNCCNCC(C)C. The Bertz CT molecular complexity index is 88.3. The molecule has 0 aliphatic rings. The molecule has 0 aromatic heterocycles. The van der Waals surface area contributed by atoms with Crippen molar-refractivity contribution in [2.75, 3.05) is 26.2 Å². The number of hydrogen-bond donors (Lipinski definition) is 2. The lowest BCUT2D eigenvalue weighted by molar-refractivity contribution is 0.508. The molecular formula is C11H26N2. The highest BCUT2D eigenvalue weighted by atomic mass is 14.9. The van der Waals surface area contributed by atoms with Crippen LogP contribution < -0.4 is 10.6 Å². The Labute approximate surface area is 83.5 Å². The van der Waals surface area contributed by atoms with E-state index in [-0.39, 0.29) is 0 Å². The van der Waals surface area contributed by atoms with Crippen molar-refractivity contribution in [1.29, 1.82) is 0 Å². The lowest BCUT2D eigenvalue weighted by Gasteiger charge is -2.09. The van der Waals surface area contributed by atoms with Crippen LogP contribution in [0.4, 0.5) is 0 Å². The van der Waals surface area contributed by atoms with Crippen LogP contribution in [0, 0.1) is 11.8 Å².